The summed E-state index contributed by atoms with van der Waals surface area (Å²) in [4.78, 5) is 0. The molecule has 0 heterocycles. The average Bonchev–Trinajstić information content (AvgIpc) is 2.60. The van der Waals surface area contributed by atoms with Crippen LogP contribution in [0.3, 0.4) is 0 Å². The van der Waals surface area contributed by atoms with E-state index in [1.807, 2.05) is 70.2 Å². The van der Waals surface area contributed by atoms with E-state index in [2.05, 4.69) is 0 Å². The first-order chi connectivity index (χ1) is 10.6. The van der Waals surface area contributed by atoms with Crippen LogP contribution in [0.5, 0.6) is 0 Å². The van der Waals surface area contributed by atoms with Crippen molar-refractivity contribution in [1.82, 2.24) is 0 Å². The van der Waals surface area contributed by atoms with E-state index in [9.17, 15) is 0 Å². The molecule has 4 heteroatoms. The molecule has 0 amide bonds. The number of aliphatic hydroxyl groups excluding tert-OH is 1. The van der Waals surface area contributed by atoms with Crippen molar-refractivity contribution >= 4 is 23.2 Å². The van der Waals surface area contributed by atoms with Gasteiger partial charge in [-0.05, 0) is 29.8 Å². The van der Waals surface area contributed by atoms with Gasteiger partial charge in [-0.15, -0.1) is 0 Å². The second-order valence-electron chi connectivity index (χ2n) is 3.64. The highest BCUT2D eigenvalue weighted by atomic mass is 35.5. The molecule has 2 aromatic carbocycles. The van der Waals surface area contributed by atoms with Crippen LogP contribution in [-0.2, 0) is 0 Å². The number of rotatable bonds is 2. The van der Waals surface area contributed by atoms with Crippen molar-refractivity contribution in [2.24, 2.45) is 5.73 Å². The van der Waals surface area contributed by atoms with Crippen LogP contribution in [0.2, 0.25) is 10.0 Å². The molecule has 0 fully saturated rings. The average molecular weight is 344 g/mol. The molecule has 124 valence electrons. The maximum atomic E-state index is 8.70. The molecule has 3 N–H and O–H groups in total. The van der Waals surface area contributed by atoms with Crippen LogP contribution in [0.4, 0.5) is 0 Å². The lowest BCUT2D eigenvalue weighted by molar-refractivity contribution is 0.268. The van der Waals surface area contributed by atoms with Crippen LogP contribution in [0.25, 0.3) is 0 Å². The molecule has 0 saturated carbocycles. The van der Waals surface area contributed by atoms with Gasteiger partial charge in [0.25, 0.3) is 0 Å². The number of aliphatic hydroxyl groups is 1. The standard InChI is InChI=1S/C8H10ClNO.C6H5Cl.2C2H6/c9-7-3-1-6(2-4-7)8(10)5-11;7-6-4-2-1-3-5-6;2*1-2/h1-4,8,11H,5,10H2;1-5H;2*1-2H3. The zero-order chi connectivity index (χ0) is 17.4. The lowest BCUT2D eigenvalue weighted by Crippen LogP contribution is -2.13. The largest absolute Gasteiger partial charge is 0.394 e. The summed E-state index contributed by atoms with van der Waals surface area (Å²) in [5, 5.41) is 10.2. The van der Waals surface area contributed by atoms with Gasteiger partial charge in [-0.3, -0.25) is 0 Å². The maximum Gasteiger partial charge on any atom is 0.0624 e. The van der Waals surface area contributed by atoms with Crippen LogP contribution in [0, 0.1) is 0 Å². The van der Waals surface area contributed by atoms with Gasteiger partial charge in [0.15, 0.2) is 0 Å². The van der Waals surface area contributed by atoms with E-state index >= 15 is 0 Å². The molecule has 0 aliphatic rings. The quantitative estimate of drug-likeness (QED) is 0.731. The molecule has 2 nitrogen and oxygen atoms in total. The molecule has 2 aromatic rings. The molecular formula is C18H27Cl2NO. The summed E-state index contributed by atoms with van der Waals surface area (Å²) in [5.41, 5.74) is 6.45. The third-order valence-electron chi connectivity index (χ3n) is 2.23. The van der Waals surface area contributed by atoms with Crippen LogP contribution < -0.4 is 5.73 Å². The number of hydrogen-bond acceptors (Lipinski definition) is 2. The van der Waals surface area contributed by atoms with E-state index in [4.69, 9.17) is 34.0 Å². The molecule has 0 spiro atoms. The van der Waals surface area contributed by atoms with Gasteiger partial charge in [0.05, 0.1) is 12.6 Å². The maximum absolute atomic E-state index is 8.70. The van der Waals surface area contributed by atoms with Gasteiger partial charge >= 0.3 is 0 Å². The number of hydrogen-bond donors (Lipinski definition) is 2. The van der Waals surface area contributed by atoms with Crippen molar-refractivity contribution in [3.05, 3.63) is 70.2 Å². The molecule has 0 radical (unpaired) electrons. The minimum atomic E-state index is -0.299. The molecule has 0 bridgehead atoms. The highest BCUT2D eigenvalue weighted by molar-refractivity contribution is 6.30. The highest BCUT2D eigenvalue weighted by Crippen LogP contribution is 2.13. The second kappa shape index (κ2) is 16.3. The van der Waals surface area contributed by atoms with Gasteiger partial charge in [-0.1, -0.05) is 81.2 Å². The number of halogens is 2. The van der Waals surface area contributed by atoms with Crippen molar-refractivity contribution in [2.45, 2.75) is 33.7 Å². The first-order valence-electron chi connectivity index (χ1n) is 7.46. The molecule has 0 aromatic heterocycles. The molecule has 0 aliphatic heterocycles. The Kier molecular flexibility index (Phi) is 17.2. The summed E-state index contributed by atoms with van der Waals surface area (Å²) >= 11 is 11.2. The van der Waals surface area contributed by atoms with E-state index in [-0.39, 0.29) is 12.6 Å². The summed E-state index contributed by atoms with van der Waals surface area (Å²) in [6, 6.07) is 16.3. The fraction of sp³-hybridized carbons (Fsp3) is 0.333. The van der Waals surface area contributed by atoms with Crippen LogP contribution >= 0.6 is 23.2 Å². The smallest absolute Gasteiger partial charge is 0.0624 e. The topological polar surface area (TPSA) is 46.2 Å². The van der Waals surface area contributed by atoms with E-state index < -0.39 is 0 Å². The Hall–Kier alpha value is -1.06. The Bertz CT molecular complexity index is 446. The Morgan fingerprint density at radius 3 is 1.55 bits per heavy atom. The molecular weight excluding hydrogens is 317 g/mol. The van der Waals surface area contributed by atoms with Crippen LogP contribution in [0.1, 0.15) is 39.3 Å². The van der Waals surface area contributed by atoms with Crippen LogP contribution in [-0.4, -0.2) is 11.7 Å². The van der Waals surface area contributed by atoms with Crippen molar-refractivity contribution in [1.29, 1.82) is 0 Å². The number of benzene rings is 2. The molecule has 1 unspecified atom stereocenters. The van der Waals surface area contributed by atoms with Crippen molar-refractivity contribution < 1.29 is 5.11 Å². The lowest BCUT2D eigenvalue weighted by Gasteiger charge is -2.07. The second-order valence-corrected chi connectivity index (χ2v) is 4.51. The fourth-order valence-corrected chi connectivity index (χ4v) is 1.50. The van der Waals surface area contributed by atoms with Crippen molar-refractivity contribution in [2.75, 3.05) is 6.61 Å². The molecule has 0 aliphatic carbocycles. The third-order valence-corrected chi connectivity index (χ3v) is 2.73. The highest BCUT2D eigenvalue weighted by Gasteiger charge is 2.02. The predicted molar refractivity (Wildman–Crippen MR) is 99.6 cm³/mol. The molecule has 22 heavy (non-hydrogen) atoms. The zero-order valence-corrected chi connectivity index (χ0v) is 15.3. The van der Waals surface area contributed by atoms with E-state index in [1.54, 1.807) is 12.1 Å². The third kappa shape index (κ3) is 11.6. The normalized spacial score (nSPS) is 9.82. The van der Waals surface area contributed by atoms with E-state index in [1.165, 1.54) is 0 Å². The Morgan fingerprint density at radius 2 is 1.23 bits per heavy atom. The van der Waals surface area contributed by atoms with Crippen molar-refractivity contribution in [3.8, 4) is 0 Å². The lowest BCUT2D eigenvalue weighted by atomic mass is 10.1. The molecule has 0 saturated heterocycles. The zero-order valence-electron chi connectivity index (χ0n) is 13.8. The van der Waals surface area contributed by atoms with Gasteiger partial charge in [0.1, 0.15) is 0 Å². The Balaban J connectivity index is 0. The fourth-order valence-electron chi connectivity index (χ4n) is 1.23. The summed E-state index contributed by atoms with van der Waals surface area (Å²) in [5.74, 6) is 0. The Labute approximate surface area is 144 Å². The SMILES string of the molecule is CC.CC.Clc1ccccc1.NC(CO)c1ccc(Cl)cc1. The Morgan fingerprint density at radius 1 is 0.818 bits per heavy atom. The summed E-state index contributed by atoms with van der Waals surface area (Å²) in [6.45, 7) is 7.96. The molecule has 1 atom stereocenters. The summed E-state index contributed by atoms with van der Waals surface area (Å²) < 4.78 is 0. The van der Waals surface area contributed by atoms with Gasteiger partial charge in [-0.25, -0.2) is 0 Å². The van der Waals surface area contributed by atoms with E-state index in [0.29, 0.717) is 5.02 Å². The first kappa shape index (κ1) is 23.2. The van der Waals surface area contributed by atoms with E-state index in [0.717, 1.165) is 10.6 Å². The van der Waals surface area contributed by atoms with Gasteiger partial charge < -0.3 is 10.8 Å². The summed E-state index contributed by atoms with van der Waals surface area (Å²) in [6.07, 6.45) is 0. The summed E-state index contributed by atoms with van der Waals surface area (Å²) in [7, 11) is 0. The van der Waals surface area contributed by atoms with Gasteiger partial charge in [0.2, 0.25) is 0 Å². The predicted octanol–water partition coefficient (Wildman–Crippen LogP) is 5.72. The first-order valence-corrected chi connectivity index (χ1v) is 8.21. The monoisotopic (exact) mass is 343 g/mol. The minimum Gasteiger partial charge on any atom is -0.394 e. The molecule has 2 rings (SSSR count). The van der Waals surface area contributed by atoms with Gasteiger partial charge in [0, 0.05) is 10.0 Å². The number of nitrogens with two attached hydrogens (primary N) is 1. The van der Waals surface area contributed by atoms with Crippen LogP contribution in [0.15, 0.2) is 54.6 Å². The van der Waals surface area contributed by atoms with Crippen molar-refractivity contribution in [3.63, 3.8) is 0 Å². The minimum absolute atomic E-state index is 0.0400. The van der Waals surface area contributed by atoms with Gasteiger partial charge in [-0.2, -0.15) is 0 Å².